The van der Waals surface area contributed by atoms with Gasteiger partial charge in [0.2, 0.25) is 5.89 Å². The van der Waals surface area contributed by atoms with Crippen LogP contribution in [0.1, 0.15) is 74.9 Å². The van der Waals surface area contributed by atoms with Gasteiger partial charge in [-0.3, -0.25) is 9.58 Å². The Morgan fingerprint density at radius 1 is 1.32 bits per heavy atom. The molecule has 118 valence electrons. The number of likely N-dealkylation sites (tertiary alicyclic amines) is 1. The fraction of sp³-hybridized carbons (Fsp3) is 0.688. The number of nitrogens with zero attached hydrogens (tertiary/aromatic N) is 5. The number of aromatic nitrogens is 4. The maximum Gasteiger partial charge on any atom is 0.229 e. The van der Waals surface area contributed by atoms with E-state index in [-0.39, 0.29) is 6.04 Å². The molecule has 1 aliphatic heterocycles. The van der Waals surface area contributed by atoms with Gasteiger partial charge >= 0.3 is 0 Å². The van der Waals surface area contributed by atoms with Crippen LogP contribution in [0, 0.1) is 0 Å². The number of rotatable bonds is 5. The van der Waals surface area contributed by atoms with Crippen molar-refractivity contribution in [2.45, 2.75) is 64.1 Å². The highest BCUT2D eigenvalue weighted by Gasteiger charge is 2.34. The second kappa shape index (κ2) is 5.50. The quantitative estimate of drug-likeness (QED) is 0.849. The molecule has 4 rings (SSSR count). The zero-order valence-electron chi connectivity index (χ0n) is 13.3. The maximum absolute atomic E-state index is 5.43. The van der Waals surface area contributed by atoms with Gasteiger partial charge in [-0.2, -0.15) is 10.1 Å². The molecule has 6 nitrogen and oxygen atoms in total. The minimum Gasteiger partial charge on any atom is -0.339 e. The van der Waals surface area contributed by atoms with Crippen molar-refractivity contribution < 1.29 is 4.52 Å². The van der Waals surface area contributed by atoms with Crippen LogP contribution in [0.4, 0.5) is 0 Å². The molecule has 0 aromatic carbocycles. The zero-order chi connectivity index (χ0) is 15.1. The molecular formula is C16H23N5O. The first-order chi connectivity index (χ1) is 10.7. The summed E-state index contributed by atoms with van der Waals surface area (Å²) in [6, 6.07) is 2.79. The molecule has 2 aromatic rings. The Bertz CT molecular complexity index is 643. The van der Waals surface area contributed by atoms with Gasteiger partial charge in [-0.25, -0.2) is 0 Å². The van der Waals surface area contributed by atoms with E-state index in [1.54, 1.807) is 0 Å². The highest BCUT2D eigenvalue weighted by atomic mass is 16.5. The topological polar surface area (TPSA) is 60.0 Å². The monoisotopic (exact) mass is 301 g/mol. The van der Waals surface area contributed by atoms with Gasteiger partial charge in [0, 0.05) is 24.7 Å². The summed E-state index contributed by atoms with van der Waals surface area (Å²) in [5.74, 6) is 2.23. The molecule has 0 bridgehead atoms. The molecule has 22 heavy (non-hydrogen) atoms. The highest BCUT2D eigenvalue weighted by Crippen LogP contribution is 2.40. The molecule has 0 radical (unpaired) electrons. The fourth-order valence-electron chi connectivity index (χ4n) is 3.14. The number of hydrogen-bond acceptors (Lipinski definition) is 5. The van der Waals surface area contributed by atoms with Crippen molar-refractivity contribution in [1.29, 1.82) is 0 Å². The molecule has 1 saturated heterocycles. The van der Waals surface area contributed by atoms with E-state index in [0.717, 1.165) is 36.9 Å². The molecular weight excluding hydrogens is 278 g/mol. The summed E-state index contributed by atoms with van der Waals surface area (Å²) >= 11 is 0. The Balaban J connectivity index is 1.47. The van der Waals surface area contributed by atoms with Crippen molar-refractivity contribution in [3.8, 4) is 0 Å². The van der Waals surface area contributed by atoms with Crippen molar-refractivity contribution in [2.75, 3.05) is 6.54 Å². The lowest BCUT2D eigenvalue weighted by molar-refractivity contribution is 0.230. The Labute approximate surface area is 130 Å². The predicted octanol–water partition coefficient (Wildman–Crippen LogP) is 3.06. The largest absolute Gasteiger partial charge is 0.339 e. The molecule has 1 unspecified atom stereocenters. The van der Waals surface area contributed by atoms with Crippen molar-refractivity contribution in [3.63, 3.8) is 0 Å². The lowest BCUT2D eigenvalue weighted by atomic mass is 10.2. The van der Waals surface area contributed by atoms with Crippen LogP contribution in [0.3, 0.4) is 0 Å². The zero-order valence-corrected chi connectivity index (χ0v) is 13.3. The SMILES string of the molecule is CC(C)n1ccc(CN2CCCC2c2noc(C3CC3)n2)n1. The van der Waals surface area contributed by atoms with Crippen molar-refractivity contribution in [3.05, 3.63) is 29.7 Å². The van der Waals surface area contributed by atoms with Crippen LogP contribution in [0.25, 0.3) is 0 Å². The molecule has 0 N–H and O–H groups in total. The Morgan fingerprint density at radius 3 is 2.91 bits per heavy atom. The predicted molar refractivity (Wildman–Crippen MR) is 81.3 cm³/mol. The first-order valence-corrected chi connectivity index (χ1v) is 8.32. The van der Waals surface area contributed by atoms with Crippen molar-refractivity contribution >= 4 is 0 Å². The van der Waals surface area contributed by atoms with Crippen LogP contribution in [0.2, 0.25) is 0 Å². The Kier molecular flexibility index (Phi) is 3.48. The van der Waals surface area contributed by atoms with Gasteiger partial charge in [0.15, 0.2) is 5.82 Å². The van der Waals surface area contributed by atoms with Gasteiger partial charge in [-0.1, -0.05) is 5.16 Å². The summed E-state index contributed by atoms with van der Waals surface area (Å²) in [7, 11) is 0. The Hall–Kier alpha value is -1.69. The smallest absolute Gasteiger partial charge is 0.229 e. The summed E-state index contributed by atoms with van der Waals surface area (Å²) in [4.78, 5) is 7.06. The molecule has 1 saturated carbocycles. The maximum atomic E-state index is 5.43. The molecule has 2 aromatic heterocycles. The molecule has 0 amide bonds. The lowest BCUT2D eigenvalue weighted by Gasteiger charge is -2.20. The molecule has 6 heteroatoms. The van der Waals surface area contributed by atoms with E-state index in [2.05, 4.69) is 46.2 Å². The van der Waals surface area contributed by atoms with E-state index in [1.165, 1.54) is 19.3 Å². The van der Waals surface area contributed by atoms with E-state index in [4.69, 9.17) is 4.52 Å². The second-order valence-corrected chi connectivity index (χ2v) is 6.77. The van der Waals surface area contributed by atoms with Crippen molar-refractivity contribution in [1.82, 2.24) is 24.8 Å². The summed E-state index contributed by atoms with van der Waals surface area (Å²) in [5, 5.41) is 8.89. The molecule has 0 spiro atoms. The summed E-state index contributed by atoms with van der Waals surface area (Å²) in [6.45, 7) is 6.23. The van der Waals surface area contributed by atoms with Crippen LogP contribution in [0.5, 0.6) is 0 Å². The van der Waals surface area contributed by atoms with Crippen LogP contribution in [-0.4, -0.2) is 31.4 Å². The normalized spacial score (nSPS) is 22.8. The third-order valence-electron chi connectivity index (χ3n) is 4.60. The van der Waals surface area contributed by atoms with Gasteiger partial charge in [-0.05, 0) is 52.1 Å². The minimum absolute atomic E-state index is 0.278. The lowest BCUT2D eigenvalue weighted by Crippen LogP contribution is -2.24. The second-order valence-electron chi connectivity index (χ2n) is 6.77. The van der Waals surface area contributed by atoms with Crippen molar-refractivity contribution in [2.24, 2.45) is 0 Å². The van der Waals surface area contributed by atoms with E-state index < -0.39 is 0 Å². The van der Waals surface area contributed by atoms with Gasteiger partial charge in [0.25, 0.3) is 0 Å². The average Bonchev–Trinajstić information content (AvgIpc) is 2.95. The Morgan fingerprint density at radius 2 is 2.18 bits per heavy atom. The molecule has 2 fully saturated rings. The van der Waals surface area contributed by atoms with Crippen LogP contribution in [-0.2, 0) is 6.54 Å². The third kappa shape index (κ3) is 2.67. The van der Waals surface area contributed by atoms with Crippen LogP contribution >= 0.6 is 0 Å². The first kappa shape index (κ1) is 13.9. The van der Waals surface area contributed by atoms with E-state index in [1.807, 2.05) is 4.68 Å². The van der Waals surface area contributed by atoms with Gasteiger partial charge in [0.1, 0.15) is 0 Å². The van der Waals surface area contributed by atoms with E-state index in [0.29, 0.717) is 12.0 Å². The number of hydrogen-bond donors (Lipinski definition) is 0. The van der Waals surface area contributed by atoms with E-state index >= 15 is 0 Å². The minimum atomic E-state index is 0.278. The first-order valence-electron chi connectivity index (χ1n) is 8.32. The van der Waals surface area contributed by atoms with Gasteiger partial charge in [0.05, 0.1) is 11.7 Å². The standard InChI is InChI=1S/C16H23N5O/c1-11(2)21-9-7-13(18-21)10-20-8-3-4-14(20)15-17-16(22-19-15)12-5-6-12/h7,9,11-12,14H,3-6,8,10H2,1-2H3. The highest BCUT2D eigenvalue weighted by molar-refractivity contribution is 5.07. The summed E-state index contributed by atoms with van der Waals surface area (Å²) < 4.78 is 7.44. The van der Waals surface area contributed by atoms with Crippen LogP contribution < -0.4 is 0 Å². The molecule has 1 aliphatic carbocycles. The molecule has 1 atom stereocenters. The summed E-state index contributed by atoms with van der Waals surface area (Å²) in [5.41, 5.74) is 1.12. The van der Waals surface area contributed by atoms with Gasteiger partial charge < -0.3 is 4.52 Å². The van der Waals surface area contributed by atoms with Crippen LogP contribution in [0.15, 0.2) is 16.8 Å². The fourth-order valence-corrected chi connectivity index (χ4v) is 3.14. The third-order valence-corrected chi connectivity index (χ3v) is 4.60. The molecule has 2 aliphatic rings. The van der Waals surface area contributed by atoms with E-state index in [9.17, 15) is 0 Å². The average molecular weight is 301 g/mol. The molecule has 3 heterocycles. The van der Waals surface area contributed by atoms with Gasteiger partial charge in [-0.15, -0.1) is 0 Å². The summed E-state index contributed by atoms with van der Waals surface area (Å²) in [6.07, 6.45) is 6.74.